The van der Waals surface area contributed by atoms with Crippen LogP contribution >= 0.6 is 11.3 Å². The molecule has 1 aliphatic heterocycles. The molecule has 0 radical (unpaired) electrons. The summed E-state index contributed by atoms with van der Waals surface area (Å²) < 4.78 is 40.9. The molecular formula is C26H32N2O6S2. The zero-order valence-electron chi connectivity index (χ0n) is 21.5. The molecular weight excluding hydrogens is 500 g/mol. The van der Waals surface area contributed by atoms with Crippen molar-refractivity contribution in [3.05, 3.63) is 47.0 Å². The first-order chi connectivity index (χ1) is 16.9. The molecule has 4 rings (SSSR count). The lowest BCUT2D eigenvalue weighted by molar-refractivity contribution is 0.0644. The first kappa shape index (κ1) is 26.2. The molecule has 0 unspecified atom stereocenters. The van der Waals surface area contributed by atoms with Gasteiger partial charge in [0.2, 0.25) is 0 Å². The van der Waals surface area contributed by atoms with Crippen molar-refractivity contribution in [2.24, 2.45) is 0 Å². The number of nitrogens with zero attached hydrogens (tertiary/aromatic N) is 2. The van der Waals surface area contributed by atoms with Crippen LogP contribution in [0.4, 0.5) is 0 Å². The van der Waals surface area contributed by atoms with Crippen LogP contribution in [0.1, 0.15) is 36.8 Å². The Morgan fingerprint density at radius 1 is 1.14 bits per heavy atom. The van der Waals surface area contributed by atoms with Crippen LogP contribution in [0.25, 0.3) is 21.7 Å². The monoisotopic (exact) mass is 532 g/mol. The van der Waals surface area contributed by atoms with Gasteiger partial charge in [-0.05, 0) is 62.4 Å². The van der Waals surface area contributed by atoms with Crippen LogP contribution in [0.15, 0.2) is 35.7 Å². The number of fused-ring (bicyclic) bond motifs is 3. The lowest BCUT2D eigenvalue weighted by Crippen LogP contribution is -2.43. The normalized spacial score (nSPS) is 13.2. The molecule has 36 heavy (non-hydrogen) atoms. The van der Waals surface area contributed by atoms with Crippen LogP contribution in [-0.4, -0.2) is 63.0 Å². The van der Waals surface area contributed by atoms with Gasteiger partial charge in [-0.15, -0.1) is 11.3 Å². The Morgan fingerprint density at radius 2 is 1.89 bits per heavy atom. The number of aryl methyl sites for hydroxylation is 1. The molecule has 10 heteroatoms. The minimum absolute atomic E-state index is 0.0297. The van der Waals surface area contributed by atoms with Gasteiger partial charge in [-0.2, -0.15) is 8.42 Å². The summed E-state index contributed by atoms with van der Waals surface area (Å²) in [6, 6.07) is 9.92. The molecule has 3 aromatic rings. The summed E-state index contributed by atoms with van der Waals surface area (Å²) in [5.74, 6) is 1.02. The van der Waals surface area contributed by atoms with Crippen molar-refractivity contribution in [1.29, 1.82) is 0 Å². The fourth-order valence-electron chi connectivity index (χ4n) is 4.22. The fourth-order valence-corrected chi connectivity index (χ4v) is 5.33. The number of hydrogen-bond acceptors (Lipinski definition) is 7. The van der Waals surface area contributed by atoms with Gasteiger partial charge >= 0.3 is 0 Å². The third kappa shape index (κ3) is 5.30. The highest BCUT2D eigenvalue weighted by molar-refractivity contribution is 7.85. The molecule has 0 atom stereocenters. The van der Waals surface area contributed by atoms with E-state index in [1.165, 1.54) is 0 Å². The smallest absolute Gasteiger partial charge is 0.270 e. The zero-order valence-corrected chi connectivity index (χ0v) is 23.1. The van der Waals surface area contributed by atoms with E-state index in [1.54, 1.807) is 23.3 Å². The summed E-state index contributed by atoms with van der Waals surface area (Å²) in [6.45, 7) is 6.66. The summed E-state index contributed by atoms with van der Waals surface area (Å²) in [4.78, 5) is 16.4. The number of amides is 1. The first-order valence-electron chi connectivity index (χ1n) is 11.6. The van der Waals surface area contributed by atoms with Crippen molar-refractivity contribution in [1.82, 2.24) is 9.47 Å². The summed E-state index contributed by atoms with van der Waals surface area (Å²) in [6.07, 6.45) is 1.73. The third-order valence-electron chi connectivity index (χ3n) is 6.30. The van der Waals surface area contributed by atoms with E-state index >= 15 is 0 Å². The van der Waals surface area contributed by atoms with Gasteiger partial charge in [-0.25, -0.2) is 0 Å². The highest BCUT2D eigenvalue weighted by Crippen LogP contribution is 2.45. The van der Waals surface area contributed by atoms with Gasteiger partial charge in [0.25, 0.3) is 16.0 Å². The van der Waals surface area contributed by atoms with Gasteiger partial charge in [0.1, 0.15) is 18.9 Å². The molecule has 194 valence electrons. The summed E-state index contributed by atoms with van der Waals surface area (Å²) in [7, 11) is -0.146. The van der Waals surface area contributed by atoms with Gasteiger partial charge in [0.05, 0.1) is 19.1 Å². The second-order valence-electron chi connectivity index (χ2n) is 9.74. The Morgan fingerprint density at radius 3 is 2.50 bits per heavy atom. The van der Waals surface area contributed by atoms with Crippen LogP contribution < -0.4 is 9.47 Å². The second kappa shape index (κ2) is 9.91. The molecule has 1 aliphatic rings. The number of hydrogen-bond donors (Lipinski definition) is 0. The molecule has 0 saturated carbocycles. The average Bonchev–Trinajstić information content (AvgIpc) is 3.47. The molecule has 0 saturated heterocycles. The van der Waals surface area contributed by atoms with E-state index in [2.05, 4.69) is 10.6 Å². The van der Waals surface area contributed by atoms with Gasteiger partial charge in [0, 0.05) is 35.1 Å². The van der Waals surface area contributed by atoms with Crippen molar-refractivity contribution in [3.8, 4) is 33.2 Å². The topological polar surface area (TPSA) is 87.1 Å². The minimum atomic E-state index is -3.55. The minimum Gasteiger partial charge on any atom is -0.493 e. The van der Waals surface area contributed by atoms with Crippen molar-refractivity contribution < 1.29 is 26.9 Å². The Labute approximate surface area is 216 Å². The lowest BCUT2D eigenvalue weighted by Gasteiger charge is -2.32. The van der Waals surface area contributed by atoms with Crippen LogP contribution in [-0.2, 0) is 27.3 Å². The third-order valence-corrected chi connectivity index (χ3v) is 7.80. The number of rotatable bonds is 8. The number of ether oxygens (including phenoxy) is 2. The number of carbonyl (C=O) groups excluding carboxylic acids is 1. The average molecular weight is 533 g/mol. The van der Waals surface area contributed by atoms with Crippen LogP contribution in [0, 0.1) is 0 Å². The van der Waals surface area contributed by atoms with Crippen LogP contribution in [0.3, 0.4) is 0 Å². The SMILES string of the molecule is COc1cc2c(cc1OCCOS(C)(=O)=O)-c1c(-c3cccs3)cc(C(=O)N(C)C(C)(C)C)n1CC2. The highest BCUT2D eigenvalue weighted by atomic mass is 32.2. The number of benzene rings is 1. The van der Waals surface area contributed by atoms with Crippen molar-refractivity contribution in [2.45, 2.75) is 39.3 Å². The maximum Gasteiger partial charge on any atom is 0.270 e. The van der Waals surface area contributed by atoms with Gasteiger partial charge in [-0.1, -0.05) is 6.07 Å². The molecule has 0 aliphatic carbocycles. The molecule has 0 fully saturated rings. The molecule has 0 N–H and O–H groups in total. The molecule has 2 aromatic heterocycles. The number of carbonyl (C=O) groups is 1. The van der Waals surface area contributed by atoms with E-state index in [9.17, 15) is 13.2 Å². The van der Waals surface area contributed by atoms with Crippen molar-refractivity contribution in [3.63, 3.8) is 0 Å². The lowest BCUT2D eigenvalue weighted by atomic mass is 9.95. The number of methoxy groups -OCH3 is 1. The van der Waals surface area contributed by atoms with Gasteiger partial charge < -0.3 is 18.9 Å². The van der Waals surface area contributed by atoms with Gasteiger partial charge in [0.15, 0.2) is 11.5 Å². The fraction of sp³-hybridized carbons (Fsp3) is 0.423. The quantitative estimate of drug-likeness (QED) is 0.309. The summed E-state index contributed by atoms with van der Waals surface area (Å²) in [5.41, 5.74) is 4.34. The van der Waals surface area contributed by atoms with E-state index in [4.69, 9.17) is 13.7 Å². The molecule has 0 bridgehead atoms. The largest absolute Gasteiger partial charge is 0.493 e. The van der Waals surface area contributed by atoms with E-state index in [-0.39, 0.29) is 24.7 Å². The second-order valence-corrected chi connectivity index (χ2v) is 12.3. The van der Waals surface area contributed by atoms with E-state index in [0.29, 0.717) is 23.7 Å². The zero-order chi connectivity index (χ0) is 26.3. The summed E-state index contributed by atoms with van der Waals surface area (Å²) in [5, 5.41) is 2.02. The van der Waals surface area contributed by atoms with E-state index in [1.807, 2.05) is 57.5 Å². The highest BCUT2D eigenvalue weighted by Gasteiger charge is 2.32. The first-order valence-corrected chi connectivity index (χ1v) is 14.3. The molecule has 0 spiro atoms. The standard InChI is InChI=1S/C26H32N2O6S2/c1-26(2,3)27(4)25(29)20-15-19(23-8-7-13-35-23)24-18-16-22(33-11-12-34-36(6,30)31)21(32-5)14-17(18)9-10-28(20)24/h7-8,13-16H,9-12H2,1-6H3. The molecule has 1 aromatic carbocycles. The predicted molar refractivity (Wildman–Crippen MR) is 142 cm³/mol. The van der Waals surface area contributed by atoms with E-state index in [0.717, 1.165) is 39.9 Å². The van der Waals surface area contributed by atoms with Gasteiger partial charge in [-0.3, -0.25) is 8.98 Å². The van der Waals surface area contributed by atoms with Crippen molar-refractivity contribution in [2.75, 3.05) is 33.6 Å². The Kier molecular flexibility index (Phi) is 7.23. The Hall–Kier alpha value is -2.82. The molecule has 8 nitrogen and oxygen atoms in total. The Bertz CT molecular complexity index is 1370. The predicted octanol–water partition coefficient (Wildman–Crippen LogP) is 4.67. The van der Waals surface area contributed by atoms with Crippen LogP contribution in [0.5, 0.6) is 11.5 Å². The maximum atomic E-state index is 13.6. The van der Waals surface area contributed by atoms with E-state index < -0.39 is 10.1 Å². The molecule has 1 amide bonds. The number of aromatic nitrogens is 1. The number of thiophene rings is 1. The van der Waals surface area contributed by atoms with Crippen LogP contribution in [0.2, 0.25) is 0 Å². The Balaban J connectivity index is 1.80. The maximum absolute atomic E-state index is 13.6. The van der Waals surface area contributed by atoms with Crippen molar-refractivity contribution >= 4 is 27.4 Å². The summed E-state index contributed by atoms with van der Waals surface area (Å²) >= 11 is 1.63. The molecule has 3 heterocycles.